The summed E-state index contributed by atoms with van der Waals surface area (Å²) < 4.78 is 0. The normalized spacial score (nSPS) is 14.7. The summed E-state index contributed by atoms with van der Waals surface area (Å²) in [5.74, 6) is 0.859. The zero-order valence-electron chi connectivity index (χ0n) is 10.0. The van der Waals surface area contributed by atoms with Crippen molar-refractivity contribution >= 4 is 28.6 Å². The molecule has 1 saturated carbocycles. The summed E-state index contributed by atoms with van der Waals surface area (Å²) in [6.45, 7) is 0.667. The van der Waals surface area contributed by atoms with Crippen molar-refractivity contribution in [2.75, 3.05) is 0 Å². The minimum absolute atomic E-state index is 0.197. The molecule has 3 rings (SSSR count). The van der Waals surface area contributed by atoms with E-state index in [9.17, 15) is 4.79 Å². The molecule has 0 atom stereocenters. The van der Waals surface area contributed by atoms with E-state index in [0.717, 1.165) is 0 Å². The van der Waals surface area contributed by atoms with Crippen LogP contribution in [0.2, 0.25) is 0 Å². The van der Waals surface area contributed by atoms with E-state index in [4.69, 9.17) is 0 Å². The second-order valence-corrected chi connectivity index (χ2v) is 6.51. The van der Waals surface area contributed by atoms with Gasteiger partial charge in [0.05, 0.1) is 6.54 Å². The maximum absolute atomic E-state index is 11.6. The van der Waals surface area contributed by atoms with Crippen molar-refractivity contribution in [2.45, 2.75) is 25.8 Å². The molecule has 2 heterocycles. The van der Waals surface area contributed by atoms with Gasteiger partial charge in [0.25, 0.3) is 0 Å². The largest absolute Gasteiger partial charge is 0.351 e. The Labute approximate surface area is 115 Å². The topological polar surface area (TPSA) is 29.1 Å². The Morgan fingerprint density at radius 3 is 2.94 bits per heavy atom. The van der Waals surface area contributed by atoms with Crippen molar-refractivity contribution < 1.29 is 4.79 Å². The third kappa shape index (κ3) is 3.00. The van der Waals surface area contributed by atoms with E-state index in [0.29, 0.717) is 18.9 Å². The van der Waals surface area contributed by atoms with E-state index in [1.165, 1.54) is 28.8 Å². The molecule has 2 nitrogen and oxygen atoms in total. The number of amides is 1. The Bertz CT molecular complexity index is 526. The maximum Gasteiger partial charge on any atom is 0.220 e. The van der Waals surface area contributed by atoms with Gasteiger partial charge in [-0.2, -0.15) is 11.3 Å². The van der Waals surface area contributed by atoms with Crippen LogP contribution in [0.15, 0.2) is 28.3 Å². The van der Waals surface area contributed by atoms with Crippen LogP contribution in [0.3, 0.4) is 0 Å². The molecule has 18 heavy (non-hydrogen) atoms. The number of thiophene rings is 2. The standard InChI is InChI=1S/C14H15NOS2/c16-14(5-10-1-2-10)15-7-13-6-12(9-18-13)11-3-4-17-8-11/h3-4,6,8-10H,1-2,5,7H2,(H,15,16). The smallest absolute Gasteiger partial charge is 0.220 e. The average Bonchev–Trinajstić information content (AvgIpc) is 2.87. The first-order valence-electron chi connectivity index (χ1n) is 6.18. The van der Waals surface area contributed by atoms with Crippen molar-refractivity contribution in [1.82, 2.24) is 5.32 Å². The summed E-state index contributed by atoms with van der Waals surface area (Å²) in [6.07, 6.45) is 3.17. The first-order valence-corrected chi connectivity index (χ1v) is 8.00. The maximum atomic E-state index is 11.6. The molecule has 4 heteroatoms. The summed E-state index contributed by atoms with van der Waals surface area (Å²) >= 11 is 3.42. The Morgan fingerprint density at radius 1 is 1.33 bits per heavy atom. The Balaban J connectivity index is 1.55. The van der Waals surface area contributed by atoms with Crippen LogP contribution in [0.1, 0.15) is 24.1 Å². The highest BCUT2D eigenvalue weighted by molar-refractivity contribution is 7.10. The molecule has 1 aliphatic rings. The lowest BCUT2D eigenvalue weighted by molar-refractivity contribution is -0.121. The first kappa shape index (κ1) is 11.9. The van der Waals surface area contributed by atoms with Crippen LogP contribution in [-0.2, 0) is 11.3 Å². The van der Waals surface area contributed by atoms with E-state index in [1.54, 1.807) is 22.7 Å². The molecule has 0 saturated heterocycles. The summed E-state index contributed by atoms with van der Waals surface area (Å²) in [5.41, 5.74) is 2.53. The lowest BCUT2D eigenvalue weighted by atomic mass is 10.2. The van der Waals surface area contributed by atoms with Gasteiger partial charge in [-0.3, -0.25) is 4.79 Å². The van der Waals surface area contributed by atoms with Crippen LogP contribution in [0, 0.1) is 5.92 Å². The number of hydrogen-bond donors (Lipinski definition) is 1. The number of nitrogens with one attached hydrogen (secondary N) is 1. The third-order valence-electron chi connectivity index (χ3n) is 3.14. The molecule has 2 aromatic rings. The molecule has 1 fully saturated rings. The summed E-state index contributed by atoms with van der Waals surface area (Å²) in [6, 6.07) is 4.30. The van der Waals surface area contributed by atoms with Gasteiger partial charge in [-0.25, -0.2) is 0 Å². The summed E-state index contributed by atoms with van der Waals surface area (Å²) in [4.78, 5) is 12.8. The van der Waals surface area contributed by atoms with Crippen LogP contribution in [0.4, 0.5) is 0 Å². The van der Waals surface area contributed by atoms with Crippen LogP contribution >= 0.6 is 22.7 Å². The van der Waals surface area contributed by atoms with E-state index in [2.05, 4.69) is 33.6 Å². The molecule has 1 N–H and O–H groups in total. The van der Waals surface area contributed by atoms with Gasteiger partial charge in [-0.15, -0.1) is 11.3 Å². The first-order chi connectivity index (χ1) is 8.81. The van der Waals surface area contributed by atoms with Gasteiger partial charge in [-0.1, -0.05) is 0 Å². The van der Waals surface area contributed by atoms with Gasteiger partial charge in [0.2, 0.25) is 5.91 Å². The average molecular weight is 277 g/mol. The second-order valence-electron chi connectivity index (χ2n) is 4.74. The monoisotopic (exact) mass is 277 g/mol. The van der Waals surface area contributed by atoms with Gasteiger partial charge in [-0.05, 0) is 58.2 Å². The predicted molar refractivity (Wildman–Crippen MR) is 76.8 cm³/mol. The Hall–Kier alpha value is -1.13. The van der Waals surface area contributed by atoms with Crippen molar-refractivity contribution in [1.29, 1.82) is 0 Å². The highest BCUT2D eigenvalue weighted by Gasteiger charge is 2.24. The molecule has 0 spiro atoms. The van der Waals surface area contributed by atoms with Crippen LogP contribution in [-0.4, -0.2) is 5.91 Å². The quantitative estimate of drug-likeness (QED) is 0.882. The van der Waals surface area contributed by atoms with Crippen LogP contribution in [0.25, 0.3) is 11.1 Å². The molecule has 0 bridgehead atoms. The highest BCUT2D eigenvalue weighted by atomic mass is 32.1. The van der Waals surface area contributed by atoms with Gasteiger partial charge < -0.3 is 5.32 Å². The number of carbonyl (C=O) groups excluding carboxylic acids is 1. The minimum atomic E-state index is 0.197. The summed E-state index contributed by atoms with van der Waals surface area (Å²) in [5, 5.41) is 9.40. The fourth-order valence-corrected chi connectivity index (χ4v) is 3.39. The van der Waals surface area contributed by atoms with Crippen molar-refractivity contribution in [3.05, 3.63) is 33.2 Å². The molecule has 94 valence electrons. The number of rotatable bonds is 5. The molecule has 1 aliphatic carbocycles. The Morgan fingerprint density at radius 2 is 2.22 bits per heavy atom. The van der Waals surface area contributed by atoms with Crippen LogP contribution in [0.5, 0.6) is 0 Å². The van der Waals surface area contributed by atoms with Gasteiger partial charge in [0, 0.05) is 11.3 Å². The van der Waals surface area contributed by atoms with Gasteiger partial charge >= 0.3 is 0 Å². The lowest BCUT2D eigenvalue weighted by Crippen LogP contribution is -2.22. The number of hydrogen-bond acceptors (Lipinski definition) is 3. The fraction of sp³-hybridized carbons (Fsp3) is 0.357. The third-order valence-corrected chi connectivity index (χ3v) is 4.76. The zero-order chi connectivity index (χ0) is 12.4. The molecular formula is C14H15NOS2. The molecule has 0 unspecified atom stereocenters. The van der Waals surface area contributed by atoms with E-state index in [1.807, 2.05) is 0 Å². The molecule has 1 amide bonds. The molecule has 0 radical (unpaired) electrons. The van der Waals surface area contributed by atoms with E-state index >= 15 is 0 Å². The SMILES string of the molecule is O=C(CC1CC1)NCc1cc(-c2ccsc2)cs1. The fourth-order valence-electron chi connectivity index (χ4n) is 1.90. The molecule has 2 aromatic heterocycles. The molecular weight excluding hydrogens is 262 g/mol. The van der Waals surface area contributed by atoms with Gasteiger partial charge in [0.15, 0.2) is 0 Å². The van der Waals surface area contributed by atoms with Crippen molar-refractivity contribution in [3.63, 3.8) is 0 Å². The summed E-state index contributed by atoms with van der Waals surface area (Å²) in [7, 11) is 0. The minimum Gasteiger partial charge on any atom is -0.351 e. The van der Waals surface area contributed by atoms with Crippen molar-refractivity contribution in [2.24, 2.45) is 5.92 Å². The zero-order valence-corrected chi connectivity index (χ0v) is 11.7. The molecule has 0 aliphatic heterocycles. The second kappa shape index (κ2) is 5.24. The van der Waals surface area contributed by atoms with E-state index < -0.39 is 0 Å². The van der Waals surface area contributed by atoms with Crippen molar-refractivity contribution in [3.8, 4) is 11.1 Å². The Kier molecular flexibility index (Phi) is 3.48. The highest BCUT2D eigenvalue weighted by Crippen LogP contribution is 2.32. The predicted octanol–water partition coefficient (Wildman–Crippen LogP) is 3.89. The van der Waals surface area contributed by atoms with Gasteiger partial charge in [0.1, 0.15) is 0 Å². The lowest BCUT2D eigenvalue weighted by Gasteiger charge is -2.01. The number of carbonyl (C=O) groups is 1. The molecule has 0 aromatic carbocycles. The van der Waals surface area contributed by atoms with E-state index in [-0.39, 0.29) is 5.91 Å². The van der Waals surface area contributed by atoms with Crippen LogP contribution < -0.4 is 5.32 Å².